The summed E-state index contributed by atoms with van der Waals surface area (Å²) in [6.45, 7) is 5.84. The summed E-state index contributed by atoms with van der Waals surface area (Å²) in [5.74, 6) is 1.41. The number of anilines is 2. The molecule has 3 aromatic carbocycles. The number of aromatic nitrogens is 2. The average Bonchev–Trinajstić information content (AvgIpc) is 3.29. The summed E-state index contributed by atoms with van der Waals surface area (Å²) in [6, 6.07) is 21.2. The Bertz CT molecular complexity index is 1240. The third kappa shape index (κ3) is 4.68. The van der Waals surface area contributed by atoms with Gasteiger partial charge in [-0.1, -0.05) is 12.1 Å². The smallest absolute Gasteiger partial charge is 0.255 e. The Balaban J connectivity index is 1.26. The molecule has 1 saturated heterocycles. The van der Waals surface area contributed by atoms with Crippen molar-refractivity contribution < 1.29 is 14.3 Å². The molecule has 7 nitrogen and oxygen atoms in total. The minimum atomic E-state index is -0.147. The Kier molecular flexibility index (Phi) is 5.95. The van der Waals surface area contributed by atoms with E-state index in [4.69, 9.17) is 9.47 Å². The molecule has 33 heavy (non-hydrogen) atoms. The zero-order valence-electron chi connectivity index (χ0n) is 18.5. The van der Waals surface area contributed by atoms with Gasteiger partial charge in [-0.3, -0.25) is 4.79 Å². The van der Waals surface area contributed by atoms with Crippen LogP contribution in [0.15, 0.2) is 66.7 Å². The van der Waals surface area contributed by atoms with Crippen molar-refractivity contribution in [2.75, 3.05) is 43.1 Å². The van der Waals surface area contributed by atoms with Crippen LogP contribution < -0.4 is 15.0 Å². The number of ether oxygens (including phenoxy) is 2. The van der Waals surface area contributed by atoms with Crippen molar-refractivity contribution >= 4 is 28.3 Å². The lowest BCUT2D eigenvalue weighted by Gasteiger charge is -2.28. The molecule has 0 spiro atoms. The standard InChI is InChI=1S/C26H26N4O3/c1-2-33-22-11-12-23-24(17-22)29-25(28-23)18-3-5-19(6-4-18)26(31)27-20-7-9-21(10-8-20)30-13-15-32-16-14-30/h3-12,17H,2,13-16H2,1H3,(H,27,31)(H,28,29). The van der Waals surface area contributed by atoms with E-state index in [2.05, 4.69) is 20.2 Å². The summed E-state index contributed by atoms with van der Waals surface area (Å²) in [5.41, 5.74) is 5.19. The van der Waals surface area contributed by atoms with Crippen LogP contribution >= 0.6 is 0 Å². The van der Waals surface area contributed by atoms with Gasteiger partial charge in [0.05, 0.1) is 30.9 Å². The second kappa shape index (κ2) is 9.34. The van der Waals surface area contributed by atoms with Crippen LogP contribution in [0, 0.1) is 0 Å². The maximum Gasteiger partial charge on any atom is 0.255 e. The van der Waals surface area contributed by atoms with Gasteiger partial charge in [-0.05, 0) is 55.5 Å². The molecule has 1 aromatic heterocycles. The van der Waals surface area contributed by atoms with Crippen LogP contribution in [0.4, 0.5) is 11.4 Å². The van der Waals surface area contributed by atoms with Crippen LogP contribution in [-0.2, 0) is 4.74 Å². The molecule has 7 heteroatoms. The summed E-state index contributed by atoms with van der Waals surface area (Å²) in [7, 11) is 0. The highest BCUT2D eigenvalue weighted by molar-refractivity contribution is 6.04. The highest BCUT2D eigenvalue weighted by Crippen LogP contribution is 2.25. The molecule has 1 aliphatic rings. The summed E-state index contributed by atoms with van der Waals surface area (Å²) >= 11 is 0. The maximum atomic E-state index is 12.7. The molecular weight excluding hydrogens is 416 g/mol. The number of nitrogens with zero attached hydrogens (tertiary/aromatic N) is 2. The van der Waals surface area contributed by atoms with Gasteiger partial charge < -0.3 is 24.7 Å². The highest BCUT2D eigenvalue weighted by atomic mass is 16.5. The number of carbonyl (C=O) groups is 1. The predicted octanol–water partition coefficient (Wildman–Crippen LogP) is 4.72. The molecule has 1 amide bonds. The van der Waals surface area contributed by atoms with E-state index in [1.807, 2.05) is 73.7 Å². The van der Waals surface area contributed by atoms with E-state index in [0.29, 0.717) is 12.2 Å². The quantitative estimate of drug-likeness (QED) is 0.452. The van der Waals surface area contributed by atoms with E-state index in [9.17, 15) is 4.79 Å². The maximum absolute atomic E-state index is 12.7. The highest BCUT2D eigenvalue weighted by Gasteiger charge is 2.12. The molecule has 1 fully saturated rings. The molecule has 2 N–H and O–H groups in total. The van der Waals surface area contributed by atoms with Crippen LogP contribution in [0.5, 0.6) is 5.75 Å². The largest absolute Gasteiger partial charge is 0.494 e. The van der Waals surface area contributed by atoms with E-state index in [1.165, 1.54) is 0 Å². The number of nitrogens with one attached hydrogen (secondary N) is 2. The van der Waals surface area contributed by atoms with E-state index in [-0.39, 0.29) is 5.91 Å². The third-order valence-electron chi connectivity index (χ3n) is 5.69. The molecule has 4 aromatic rings. The number of hydrogen-bond donors (Lipinski definition) is 2. The van der Waals surface area contributed by atoms with Gasteiger partial charge in [0.2, 0.25) is 0 Å². The first kappa shape index (κ1) is 21.0. The molecule has 0 saturated carbocycles. The summed E-state index contributed by atoms with van der Waals surface area (Å²) in [4.78, 5) is 23.0. The third-order valence-corrected chi connectivity index (χ3v) is 5.69. The molecule has 0 bridgehead atoms. The van der Waals surface area contributed by atoms with Gasteiger partial charge in [-0.25, -0.2) is 4.98 Å². The Morgan fingerprint density at radius 3 is 2.55 bits per heavy atom. The Morgan fingerprint density at radius 2 is 1.82 bits per heavy atom. The Hall–Kier alpha value is -3.84. The number of amides is 1. The SMILES string of the molecule is CCOc1ccc2[nH]c(-c3ccc(C(=O)Nc4ccc(N5CCOCC5)cc4)cc3)nc2c1. The lowest BCUT2D eigenvalue weighted by Crippen LogP contribution is -2.36. The van der Waals surface area contributed by atoms with Gasteiger partial charge in [0.15, 0.2) is 0 Å². The minimum Gasteiger partial charge on any atom is -0.494 e. The molecule has 1 aliphatic heterocycles. The van der Waals surface area contributed by atoms with Crippen molar-refractivity contribution in [3.8, 4) is 17.1 Å². The van der Waals surface area contributed by atoms with Crippen LogP contribution in [-0.4, -0.2) is 48.8 Å². The summed E-state index contributed by atoms with van der Waals surface area (Å²) in [6.07, 6.45) is 0. The van der Waals surface area contributed by atoms with Crippen molar-refractivity contribution in [2.45, 2.75) is 6.92 Å². The second-order valence-corrected chi connectivity index (χ2v) is 7.88. The molecule has 5 rings (SSSR count). The van der Waals surface area contributed by atoms with Crippen molar-refractivity contribution in [1.29, 1.82) is 0 Å². The molecular formula is C26H26N4O3. The van der Waals surface area contributed by atoms with Crippen molar-refractivity contribution in [2.24, 2.45) is 0 Å². The summed E-state index contributed by atoms with van der Waals surface area (Å²) in [5, 5.41) is 2.97. The van der Waals surface area contributed by atoms with E-state index < -0.39 is 0 Å². The lowest BCUT2D eigenvalue weighted by molar-refractivity contribution is 0.102. The zero-order valence-corrected chi connectivity index (χ0v) is 18.5. The number of benzene rings is 3. The summed E-state index contributed by atoms with van der Waals surface area (Å²) < 4.78 is 11.0. The number of hydrogen-bond acceptors (Lipinski definition) is 5. The number of H-pyrrole nitrogens is 1. The molecule has 168 valence electrons. The van der Waals surface area contributed by atoms with Crippen LogP contribution in [0.25, 0.3) is 22.4 Å². The molecule has 0 aliphatic carbocycles. The first-order chi connectivity index (χ1) is 16.2. The lowest BCUT2D eigenvalue weighted by atomic mass is 10.1. The van der Waals surface area contributed by atoms with Crippen LogP contribution in [0.1, 0.15) is 17.3 Å². The number of rotatable bonds is 6. The van der Waals surface area contributed by atoms with Gasteiger partial charge in [0.1, 0.15) is 11.6 Å². The number of fused-ring (bicyclic) bond motifs is 1. The number of aromatic amines is 1. The van der Waals surface area contributed by atoms with E-state index in [0.717, 1.165) is 65.8 Å². The predicted molar refractivity (Wildman–Crippen MR) is 130 cm³/mol. The number of carbonyl (C=O) groups excluding carboxylic acids is 1. The molecule has 0 atom stereocenters. The second-order valence-electron chi connectivity index (χ2n) is 7.88. The average molecular weight is 443 g/mol. The first-order valence-corrected chi connectivity index (χ1v) is 11.2. The Morgan fingerprint density at radius 1 is 1.06 bits per heavy atom. The fourth-order valence-electron chi connectivity index (χ4n) is 3.94. The molecule has 0 unspecified atom stereocenters. The first-order valence-electron chi connectivity index (χ1n) is 11.2. The van der Waals surface area contributed by atoms with Crippen molar-refractivity contribution in [1.82, 2.24) is 9.97 Å². The number of morpholine rings is 1. The normalized spacial score (nSPS) is 13.8. The van der Waals surface area contributed by atoms with Crippen molar-refractivity contribution in [3.05, 3.63) is 72.3 Å². The van der Waals surface area contributed by atoms with Gasteiger partial charge >= 0.3 is 0 Å². The zero-order chi connectivity index (χ0) is 22.6. The molecule has 2 heterocycles. The van der Waals surface area contributed by atoms with Gasteiger partial charge in [-0.15, -0.1) is 0 Å². The van der Waals surface area contributed by atoms with E-state index >= 15 is 0 Å². The van der Waals surface area contributed by atoms with Gasteiger partial charge in [0.25, 0.3) is 5.91 Å². The van der Waals surface area contributed by atoms with Gasteiger partial charge in [0, 0.05) is 41.7 Å². The fraction of sp³-hybridized carbons (Fsp3) is 0.231. The number of imidazole rings is 1. The monoisotopic (exact) mass is 442 g/mol. The van der Waals surface area contributed by atoms with E-state index in [1.54, 1.807) is 0 Å². The fourth-order valence-corrected chi connectivity index (χ4v) is 3.94. The van der Waals surface area contributed by atoms with Crippen molar-refractivity contribution in [3.63, 3.8) is 0 Å². The Labute approximate surface area is 192 Å². The van der Waals surface area contributed by atoms with Crippen LogP contribution in [0.2, 0.25) is 0 Å². The topological polar surface area (TPSA) is 79.5 Å². The van der Waals surface area contributed by atoms with Crippen LogP contribution in [0.3, 0.4) is 0 Å². The van der Waals surface area contributed by atoms with Gasteiger partial charge in [-0.2, -0.15) is 0 Å². The molecule has 0 radical (unpaired) electrons. The minimum absolute atomic E-state index is 0.147.